The summed E-state index contributed by atoms with van der Waals surface area (Å²) in [4.78, 5) is 22.4. The summed E-state index contributed by atoms with van der Waals surface area (Å²) >= 11 is 1.67. The molecule has 3 aromatic rings. The van der Waals surface area contributed by atoms with Crippen molar-refractivity contribution in [1.29, 1.82) is 0 Å². The van der Waals surface area contributed by atoms with Crippen molar-refractivity contribution in [3.63, 3.8) is 0 Å². The highest BCUT2D eigenvalue weighted by Crippen LogP contribution is 2.30. The van der Waals surface area contributed by atoms with Crippen LogP contribution in [-0.2, 0) is 11.2 Å². The van der Waals surface area contributed by atoms with E-state index in [9.17, 15) is 4.79 Å². The summed E-state index contributed by atoms with van der Waals surface area (Å²) in [5, 5.41) is 4.24. The van der Waals surface area contributed by atoms with Crippen LogP contribution in [0.3, 0.4) is 0 Å². The fraction of sp³-hybridized carbons (Fsp3) is 0.188. The number of thiophene rings is 1. The monoisotopic (exact) mass is 313 g/mol. The number of carbonyl (C=O) groups excluding carboxylic acids is 1. The molecule has 0 saturated heterocycles. The van der Waals surface area contributed by atoms with E-state index in [-0.39, 0.29) is 5.97 Å². The average Bonchev–Trinajstić information content (AvgIpc) is 2.99. The van der Waals surface area contributed by atoms with Gasteiger partial charge in [-0.15, -0.1) is 11.3 Å². The number of methoxy groups -OCH3 is 1. The number of carbonyl (C=O) groups is 1. The molecule has 2 heterocycles. The van der Waals surface area contributed by atoms with Gasteiger partial charge in [0.05, 0.1) is 18.1 Å². The van der Waals surface area contributed by atoms with Crippen LogP contribution in [0.2, 0.25) is 0 Å². The van der Waals surface area contributed by atoms with E-state index in [1.165, 1.54) is 12.0 Å². The Balaban J connectivity index is 1.96. The van der Waals surface area contributed by atoms with Gasteiger partial charge < -0.3 is 10.1 Å². The van der Waals surface area contributed by atoms with Crippen LogP contribution in [0.5, 0.6) is 0 Å². The fourth-order valence-corrected chi connectivity index (χ4v) is 3.09. The second-order valence-corrected chi connectivity index (χ2v) is 5.82. The first kappa shape index (κ1) is 14.5. The van der Waals surface area contributed by atoms with Crippen molar-refractivity contribution < 1.29 is 9.53 Å². The van der Waals surface area contributed by atoms with Gasteiger partial charge in [-0.2, -0.15) is 0 Å². The number of anilines is 2. The van der Waals surface area contributed by atoms with E-state index in [0.29, 0.717) is 5.56 Å². The van der Waals surface area contributed by atoms with Crippen LogP contribution >= 0.6 is 11.3 Å². The fourth-order valence-electron chi connectivity index (χ4n) is 2.16. The molecule has 112 valence electrons. The van der Waals surface area contributed by atoms with E-state index < -0.39 is 0 Å². The first-order valence-corrected chi connectivity index (χ1v) is 7.71. The third-order valence-corrected chi connectivity index (χ3v) is 4.46. The van der Waals surface area contributed by atoms with E-state index in [2.05, 4.69) is 28.3 Å². The Hall–Kier alpha value is -2.47. The van der Waals surface area contributed by atoms with Crippen molar-refractivity contribution in [2.75, 3.05) is 12.4 Å². The van der Waals surface area contributed by atoms with Gasteiger partial charge in [0, 0.05) is 10.6 Å². The van der Waals surface area contributed by atoms with Crippen molar-refractivity contribution >= 4 is 39.0 Å². The highest BCUT2D eigenvalue weighted by atomic mass is 32.1. The molecule has 0 spiro atoms. The maximum Gasteiger partial charge on any atom is 0.337 e. The van der Waals surface area contributed by atoms with Crippen LogP contribution in [0.25, 0.3) is 10.2 Å². The molecule has 0 aliphatic heterocycles. The number of fused-ring (bicyclic) bond motifs is 1. The maximum absolute atomic E-state index is 11.6. The number of ether oxygens (including phenoxy) is 1. The molecule has 0 fully saturated rings. The number of rotatable bonds is 4. The molecule has 0 saturated carbocycles. The van der Waals surface area contributed by atoms with Crippen LogP contribution in [0.1, 0.15) is 22.2 Å². The quantitative estimate of drug-likeness (QED) is 0.743. The summed E-state index contributed by atoms with van der Waals surface area (Å²) in [6.07, 6.45) is 2.52. The molecule has 0 aliphatic rings. The van der Waals surface area contributed by atoms with Gasteiger partial charge in [0.1, 0.15) is 17.0 Å². The summed E-state index contributed by atoms with van der Waals surface area (Å²) in [5.41, 5.74) is 1.28. The molecular weight excluding hydrogens is 298 g/mol. The molecule has 0 unspecified atom stereocenters. The average molecular weight is 313 g/mol. The molecule has 1 N–H and O–H groups in total. The highest BCUT2D eigenvalue weighted by Gasteiger charge is 2.10. The SMILES string of the molecule is CCc1cc2c(Nc3cccc(C(=O)OC)c3)ncnc2s1. The minimum absolute atomic E-state index is 0.361. The van der Waals surface area contributed by atoms with Gasteiger partial charge >= 0.3 is 5.97 Å². The predicted octanol–water partition coefficient (Wildman–Crippen LogP) is 3.78. The molecule has 3 rings (SSSR count). The molecule has 0 radical (unpaired) electrons. The summed E-state index contributed by atoms with van der Waals surface area (Å²) in [6.45, 7) is 2.12. The number of nitrogens with zero attached hydrogens (tertiary/aromatic N) is 2. The second kappa shape index (κ2) is 6.11. The highest BCUT2D eigenvalue weighted by molar-refractivity contribution is 7.18. The smallest absolute Gasteiger partial charge is 0.337 e. The summed E-state index contributed by atoms with van der Waals surface area (Å²) in [5.74, 6) is 0.378. The lowest BCUT2D eigenvalue weighted by Crippen LogP contribution is -2.02. The molecule has 0 bridgehead atoms. The summed E-state index contributed by atoms with van der Waals surface area (Å²) < 4.78 is 4.74. The lowest BCUT2D eigenvalue weighted by atomic mass is 10.2. The molecule has 2 aromatic heterocycles. The van der Waals surface area contributed by atoms with Gasteiger partial charge in [0.2, 0.25) is 0 Å². The molecule has 22 heavy (non-hydrogen) atoms. The number of aryl methyl sites for hydroxylation is 1. The maximum atomic E-state index is 11.6. The first-order valence-electron chi connectivity index (χ1n) is 6.90. The number of benzene rings is 1. The van der Waals surface area contributed by atoms with Crippen molar-refractivity contribution in [2.45, 2.75) is 13.3 Å². The van der Waals surface area contributed by atoms with Gasteiger partial charge in [0.15, 0.2) is 0 Å². The second-order valence-electron chi connectivity index (χ2n) is 4.70. The van der Waals surface area contributed by atoms with E-state index in [4.69, 9.17) is 4.74 Å². The minimum Gasteiger partial charge on any atom is -0.465 e. The molecule has 1 aromatic carbocycles. The lowest BCUT2D eigenvalue weighted by Gasteiger charge is -2.07. The summed E-state index contributed by atoms with van der Waals surface area (Å²) in [7, 11) is 1.37. The van der Waals surface area contributed by atoms with E-state index in [1.54, 1.807) is 35.9 Å². The van der Waals surface area contributed by atoms with Gasteiger partial charge in [0.25, 0.3) is 0 Å². The first-order chi connectivity index (χ1) is 10.7. The van der Waals surface area contributed by atoms with E-state index >= 15 is 0 Å². The zero-order valence-electron chi connectivity index (χ0n) is 12.3. The molecule has 5 nitrogen and oxygen atoms in total. The van der Waals surface area contributed by atoms with Crippen LogP contribution in [-0.4, -0.2) is 23.0 Å². The van der Waals surface area contributed by atoms with Crippen LogP contribution in [0, 0.1) is 0 Å². The Morgan fingerprint density at radius 3 is 2.95 bits per heavy atom. The van der Waals surface area contributed by atoms with Crippen LogP contribution in [0.15, 0.2) is 36.7 Å². The molecule has 0 amide bonds. The number of hydrogen-bond acceptors (Lipinski definition) is 6. The summed E-state index contributed by atoms with van der Waals surface area (Å²) in [6, 6.07) is 9.25. The zero-order chi connectivity index (χ0) is 15.5. The molecular formula is C16H15N3O2S. The lowest BCUT2D eigenvalue weighted by molar-refractivity contribution is 0.0601. The van der Waals surface area contributed by atoms with Gasteiger partial charge in [-0.3, -0.25) is 0 Å². The Kier molecular flexibility index (Phi) is 4.02. The van der Waals surface area contributed by atoms with Crippen LogP contribution < -0.4 is 5.32 Å². The molecule has 0 aliphatic carbocycles. The minimum atomic E-state index is -0.361. The third-order valence-electron chi connectivity index (χ3n) is 3.28. The number of esters is 1. The van der Waals surface area contributed by atoms with Gasteiger partial charge in [-0.05, 0) is 30.7 Å². The number of hydrogen-bond donors (Lipinski definition) is 1. The van der Waals surface area contributed by atoms with Gasteiger partial charge in [-0.1, -0.05) is 13.0 Å². The van der Waals surface area contributed by atoms with E-state index in [0.717, 1.165) is 28.1 Å². The molecule has 6 heteroatoms. The topological polar surface area (TPSA) is 64.1 Å². The Morgan fingerprint density at radius 1 is 1.32 bits per heavy atom. The third kappa shape index (κ3) is 2.78. The van der Waals surface area contributed by atoms with E-state index in [1.807, 2.05) is 6.07 Å². The Labute approximate surface area is 132 Å². The van der Waals surface area contributed by atoms with Crippen molar-refractivity contribution in [1.82, 2.24) is 9.97 Å². The Morgan fingerprint density at radius 2 is 2.18 bits per heavy atom. The van der Waals surface area contributed by atoms with Crippen molar-refractivity contribution in [3.8, 4) is 0 Å². The standard InChI is InChI=1S/C16H15N3O2S/c1-3-12-8-13-14(17-9-18-15(13)22-12)19-11-6-4-5-10(7-11)16(20)21-2/h4-9H,3H2,1-2H3,(H,17,18,19). The molecule has 0 atom stereocenters. The predicted molar refractivity (Wildman–Crippen MR) is 87.9 cm³/mol. The zero-order valence-corrected chi connectivity index (χ0v) is 13.1. The number of nitrogens with one attached hydrogen (secondary N) is 1. The normalized spacial score (nSPS) is 10.6. The Bertz CT molecular complexity index is 829. The van der Waals surface area contributed by atoms with Crippen molar-refractivity contribution in [3.05, 3.63) is 47.1 Å². The van der Waals surface area contributed by atoms with Gasteiger partial charge in [-0.25, -0.2) is 14.8 Å². The largest absolute Gasteiger partial charge is 0.465 e. The van der Waals surface area contributed by atoms with Crippen molar-refractivity contribution in [2.24, 2.45) is 0 Å². The van der Waals surface area contributed by atoms with Crippen LogP contribution in [0.4, 0.5) is 11.5 Å². The number of aromatic nitrogens is 2.